The first-order valence-electron chi connectivity index (χ1n) is 8.94. The summed E-state index contributed by atoms with van der Waals surface area (Å²) in [6, 6.07) is 15.4. The first-order valence-corrected chi connectivity index (χ1v) is 8.94. The van der Waals surface area contributed by atoms with Crippen LogP contribution in [0.25, 0.3) is 6.08 Å². The van der Waals surface area contributed by atoms with Gasteiger partial charge in [0.1, 0.15) is 0 Å². The lowest BCUT2D eigenvalue weighted by atomic mass is 10.0. The lowest BCUT2D eigenvalue weighted by molar-refractivity contribution is -0.131. The van der Waals surface area contributed by atoms with Gasteiger partial charge < -0.3 is 10.4 Å². The van der Waals surface area contributed by atoms with E-state index < -0.39 is 5.97 Å². The van der Waals surface area contributed by atoms with Gasteiger partial charge in [0.2, 0.25) is 0 Å². The van der Waals surface area contributed by atoms with E-state index in [1.165, 1.54) is 17.2 Å². The third-order valence-corrected chi connectivity index (χ3v) is 3.98. The number of carboxylic acid groups (broad SMARTS) is 1. The fourth-order valence-electron chi connectivity index (χ4n) is 2.62. The van der Waals surface area contributed by atoms with Crippen LogP contribution in [0.1, 0.15) is 40.9 Å². The van der Waals surface area contributed by atoms with Crippen LogP contribution < -0.4 is 5.32 Å². The molecule has 4 heteroatoms. The van der Waals surface area contributed by atoms with Crippen LogP contribution in [0.15, 0.2) is 66.3 Å². The fraction of sp³-hybridized carbons (Fsp3) is 0.217. The Morgan fingerprint density at radius 2 is 1.78 bits per heavy atom. The topological polar surface area (TPSA) is 66.4 Å². The normalized spacial score (nSPS) is 10.6. The van der Waals surface area contributed by atoms with Crippen molar-refractivity contribution in [2.75, 3.05) is 6.54 Å². The van der Waals surface area contributed by atoms with Crippen LogP contribution in [-0.4, -0.2) is 23.5 Å². The molecule has 0 aliphatic rings. The van der Waals surface area contributed by atoms with Crippen molar-refractivity contribution in [1.82, 2.24) is 5.32 Å². The Labute approximate surface area is 160 Å². The van der Waals surface area contributed by atoms with E-state index in [4.69, 9.17) is 5.11 Å². The second-order valence-corrected chi connectivity index (χ2v) is 6.61. The molecule has 140 valence electrons. The average Bonchev–Trinajstić information content (AvgIpc) is 2.65. The van der Waals surface area contributed by atoms with Crippen LogP contribution in [0, 0.1) is 0 Å². The number of rotatable bonds is 8. The van der Waals surface area contributed by atoms with Gasteiger partial charge >= 0.3 is 5.97 Å². The highest BCUT2D eigenvalue weighted by Gasteiger charge is 2.08. The maximum absolute atomic E-state index is 12.5. The van der Waals surface area contributed by atoms with Gasteiger partial charge in [0.25, 0.3) is 5.91 Å². The van der Waals surface area contributed by atoms with Crippen LogP contribution in [0.3, 0.4) is 0 Å². The summed E-state index contributed by atoms with van der Waals surface area (Å²) >= 11 is 0. The Morgan fingerprint density at radius 1 is 1.04 bits per heavy atom. The van der Waals surface area contributed by atoms with Crippen molar-refractivity contribution in [3.8, 4) is 0 Å². The molecule has 2 rings (SSSR count). The first-order chi connectivity index (χ1) is 12.9. The van der Waals surface area contributed by atoms with E-state index in [1.54, 1.807) is 6.07 Å². The molecule has 2 aromatic carbocycles. The van der Waals surface area contributed by atoms with Gasteiger partial charge in [-0.2, -0.15) is 0 Å². The molecule has 0 spiro atoms. The number of hydrogen-bond donors (Lipinski definition) is 2. The highest BCUT2D eigenvalue weighted by atomic mass is 16.4. The number of carbonyl (C=O) groups is 2. The number of carbonyl (C=O) groups excluding carboxylic acids is 1. The molecule has 0 radical (unpaired) electrons. The van der Waals surface area contributed by atoms with Crippen molar-refractivity contribution in [3.63, 3.8) is 0 Å². The molecule has 0 aliphatic carbocycles. The van der Waals surface area contributed by atoms with Crippen LogP contribution in [0.5, 0.6) is 0 Å². The predicted octanol–water partition coefficient (Wildman–Crippen LogP) is 4.27. The van der Waals surface area contributed by atoms with Crippen LogP contribution in [0.4, 0.5) is 0 Å². The summed E-state index contributed by atoms with van der Waals surface area (Å²) in [6.45, 7) is 4.58. The molecule has 0 saturated carbocycles. The lowest BCUT2D eigenvalue weighted by Crippen LogP contribution is -2.25. The van der Waals surface area contributed by atoms with Gasteiger partial charge in [-0.1, -0.05) is 48.0 Å². The molecular weight excluding hydrogens is 338 g/mol. The van der Waals surface area contributed by atoms with Crippen molar-refractivity contribution in [3.05, 3.63) is 88.5 Å². The predicted molar refractivity (Wildman–Crippen MR) is 109 cm³/mol. The molecule has 4 nitrogen and oxygen atoms in total. The minimum absolute atomic E-state index is 0.157. The van der Waals surface area contributed by atoms with Gasteiger partial charge in [-0.05, 0) is 61.6 Å². The minimum atomic E-state index is -1.02. The van der Waals surface area contributed by atoms with Crippen LogP contribution in [0.2, 0.25) is 0 Å². The van der Waals surface area contributed by atoms with Crippen molar-refractivity contribution < 1.29 is 14.7 Å². The van der Waals surface area contributed by atoms with Crippen molar-refractivity contribution in [1.29, 1.82) is 0 Å². The molecule has 0 atom stereocenters. The summed E-state index contributed by atoms with van der Waals surface area (Å²) in [7, 11) is 0. The summed E-state index contributed by atoms with van der Waals surface area (Å²) in [6.07, 6.45) is 6.13. The molecule has 0 heterocycles. The molecule has 2 aromatic rings. The Kier molecular flexibility index (Phi) is 7.56. The molecular formula is C23H25NO3. The van der Waals surface area contributed by atoms with Crippen LogP contribution >= 0.6 is 0 Å². The number of amides is 1. The van der Waals surface area contributed by atoms with Gasteiger partial charge in [-0.15, -0.1) is 0 Å². The summed E-state index contributed by atoms with van der Waals surface area (Å²) in [4.78, 5) is 23.3. The number of carboxylic acids is 1. The van der Waals surface area contributed by atoms with Gasteiger partial charge in [0, 0.05) is 18.2 Å². The number of hydrogen-bond acceptors (Lipinski definition) is 2. The molecule has 1 amide bonds. The van der Waals surface area contributed by atoms with Crippen molar-refractivity contribution in [2.45, 2.75) is 26.7 Å². The second-order valence-electron chi connectivity index (χ2n) is 6.61. The van der Waals surface area contributed by atoms with Gasteiger partial charge in [0.05, 0.1) is 0 Å². The number of aliphatic carboxylic acids is 1. The van der Waals surface area contributed by atoms with E-state index in [-0.39, 0.29) is 5.91 Å². The standard InChI is InChI=1S/C23H25NO3/c1-17(2)8-9-19-14-20(10-11-22(25)26)16-21(15-19)23(27)24-13-12-18-6-4-3-5-7-18/h3-8,10-11,14-16H,9,12-13H2,1-2H3,(H,24,27)(H,25,26)/b11-10+. The summed E-state index contributed by atoms with van der Waals surface area (Å²) in [5, 5.41) is 11.8. The Hall–Kier alpha value is -3.14. The summed E-state index contributed by atoms with van der Waals surface area (Å²) in [5.74, 6) is -1.17. The van der Waals surface area contributed by atoms with E-state index >= 15 is 0 Å². The number of allylic oxidation sites excluding steroid dienone is 2. The van der Waals surface area contributed by atoms with Gasteiger partial charge in [-0.3, -0.25) is 4.79 Å². The van der Waals surface area contributed by atoms with Crippen molar-refractivity contribution >= 4 is 18.0 Å². The minimum Gasteiger partial charge on any atom is -0.478 e. The maximum Gasteiger partial charge on any atom is 0.328 e. The van der Waals surface area contributed by atoms with E-state index in [2.05, 4.69) is 11.4 Å². The molecule has 0 aliphatic heterocycles. The molecule has 0 bridgehead atoms. The zero-order valence-corrected chi connectivity index (χ0v) is 15.7. The largest absolute Gasteiger partial charge is 0.478 e. The Morgan fingerprint density at radius 3 is 2.44 bits per heavy atom. The molecule has 0 aromatic heterocycles. The third-order valence-electron chi connectivity index (χ3n) is 3.98. The Balaban J connectivity index is 2.13. The third kappa shape index (κ3) is 7.32. The van der Waals surface area contributed by atoms with Gasteiger partial charge in [0.15, 0.2) is 0 Å². The molecule has 2 N–H and O–H groups in total. The monoisotopic (exact) mass is 363 g/mol. The summed E-state index contributed by atoms with van der Waals surface area (Å²) < 4.78 is 0. The first kappa shape index (κ1) is 20.2. The zero-order valence-electron chi connectivity index (χ0n) is 15.7. The molecule has 0 unspecified atom stereocenters. The number of nitrogens with one attached hydrogen (secondary N) is 1. The zero-order chi connectivity index (χ0) is 19.6. The van der Waals surface area contributed by atoms with E-state index in [9.17, 15) is 9.59 Å². The Bertz CT molecular complexity index is 847. The molecule has 27 heavy (non-hydrogen) atoms. The quantitative estimate of drug-likeness (QED) is 0.544. The number of benzene rings is 2. The SMILES string of the molecule is CC(C)=CCc1cc(/C=C/C(=O)O)cc(C(=O)NCCc2ccccc2)c1. The van der Waals surface area contributed by atoms with Crippen molar-refractivity contribution in [2.24, 2.45) is 0 Å². The fourth-order valence-corrected chi connectivity index (χ4v) is 2.62. The lowest BCUT2D eigenvalue weighted by Gasteiger charge is -2.09. The van der Waals surface area contributed by atoms with Gasteiger partial charge in [-0.25, -0.2) is 4.79 Å². The highest BCUT2D eigenvalue weighted by Crippen LogP contribution is 2.14. The smallest absolute Gasteiger partial charge is 0.328 e. The maximum atomic E-state index is 12.5. The van der Waals surface area contributed by atoms with E-state index in [1.807, 2.05) is 56.3 Å². The molecule has 0 saturated heterocycles. The van der Waals surface area contributed by atoms with E-state index in [0.29, 0.717) is 24.1 Å². The second kappa shape index (κ2) is 10.1. The average molecular weight is 363 g/mol. The summed E-state index contributed by atoms with van der Waals surface area (Å²) in [5.41, 5.74) is 4.56. The highest BCUT2D eigenvalue weighted by molar-refractivity contribution is 5.95. The van der Waals surface area contributed by atoms with Crippen LogP contribution in [-0.2, 0) is 17.6 Å². The molecule has 0 fully saturated rings. The van der Waals surface area contributed by atoms with E-state index in [0.717, 1.165) is 18.1 Å².